The molecule has 0 amide bonds. The quantitative estimate of drug-likeness (QED) is 0.919. The van der Waals surface area contributed by atoms with Crippen molar-refractivity contribution in [3.05, 3.63) is 47.3 Å². The smallest absolute Gasteiger partial charge is 0.195 e. The molecule has 1 aromatic heterocycles. The highest BCUT2D eigenvalue weighted by Crippen LogP contribution is 2.31. The van der Waals surface area contributed by atoms with Gasteiger partial charge in [0.15, 0.2) is 9.84 Å². The number of benzene rings is 1. The van der Waals surface area contributed by atoms with Crippen LogP contribution in [0.3, 0.4) is 0 Å². The molecule has 0 saturated heterocycles. The highest BCUT2D eigenvalue weighted by Gasteiger charge is 2.28. The molecule has 6 heteroatoms. The van der Waals surface area contributed by atoms with Gasteiger partial charge in [-0.25, -0.2) is 8.42 Å². The summed E-state index contributed by atoms with van der Waals surface area (Å²) in [7, 11) is -1.86. The first-order valence-electron chi connectivity index (χ1n) is 5.71. The molecule has 0 fully saturated rings. The van der Waals surface area contributed by atoms with Gasteiger partial charge in [0, 0.05) is 6.54 Å². The SMILES string of the molecule is COc1ccc(C(CN)S(=O)(=O)c2cccs2)cc1. The van der Waals surface area contributed by atoms with E-state index in [1.165, 1.54) is 11.3 Å². The van der Waals surface area contributed by atoms with Gasteiger partial charge < -0.3 is 10.5 Å². The summed E-state index contributed by atoms with van der Waals surface area (Å²) >= 11 is 1.21. The average molecular weight is 297 g/mol. The van der Waals surface area contributed by atoms with E-state index in [2.05, 4.69) is 0 Å². The van der Waals surface area contributed by atoms with Crippen molar-refractivity contribution in [1.29, 1.82) is 0 Å². The lowest BCUT2D eigenvalue weighted by molar-refractivity contribution is 0.414. The molecule has 1 unspecified atom stereocenters. The van der Waals surface area contributed by atoms with Crippen LogP contribution >= 0.6 is 11.3 Å². The van der Waals surface area contributed by atoms with Crippen LogP contribution in [-0.4, -0.2) is 22.1 Å². The molecule has 19 heavy (non-hydrogen) atoms. The molecular formula is C13H15NO3S2. The normalized spacial score (nSPS) is 13.2. The largest absolute Gasteiger partial charge is 0.497 e. The number of nitrogens with two attached hydrogens (primary N) is 1. The standard InChI is InChI=1S/C13H15NO3S2/c1-17-11-6-4-10(5-7-11)12(9-14)19(15,16)13-3-2-8-18-13/h2-8,12H,9,14H2,1H3. The van der Waals surface area contributed by atoms with E-state index in [-0.39, 0.29) is 6.54 Å². The predicted octanol–water partition coefficient (Wildman–Crippen LogP) is 2.23. The van der Waals surface area contributed by atoms with E-state index in [0.717, 1.165) is 0 Å². The van der Waals surface area contributed by atoms with Crippen molar-refractivity contribution in [1.82, 2.24) is 0 Å². The fourth-order valence-electron chi connectivity index (χ4n) is 1.83. The van der Waals surface area contributed by atoms with Crippen molar-refractivity contribution in [3.63, 3.8) is 0 Å². The third-order valence-corrected chi connectivity index (χ3v) is 6.41. The number of hydrogen-bond donors (Lipinski definition) is 1. The minimum Gasteiger partial charge on any atom is -0.497 e. The lowest BCUT2D eigenvalue weighted by Gasteiger charge is -2.15. The van der Waals surface area contributed by atoms with Gasteiger partial charge in [-0.15, -0.1) is 11.3 Å². The van der Waals surface area contributed by atoms with Gasteiger partial charge in [0.1, 0.15) is 15.2 Å². The van der Waals surface area contributed by atoms with E-state index >= 15 is 0 Å². The maximum atomic E-state index is 12.5. The minimum atomic E-state index is -3.43. The molecule has 0 aliphatic rings. The second kappa shape index (κ2) is 5.73. The Morgan fingerprint density at radius 3 is 2.42 bits per heavy atom. The van der Waals surface area contributed by atoms with Crippen molar-refractivity contribution >= 4 is 21.2 Å². The van der Waals surface area contributed by atoms with Gasteiger partial charge in [-0.3, -0.25) is 0 Å². The minimum absolute atomic E-state index is 0.0482. The summed E-state index contributed by atoms with van der Waals surface area (Å²) < 4.78 is 30.4. The molecule has 0 saturated carbocycles. The molecule has 1 heterocycles. The summed E-state index contributed by atoms with van der Waals surface area (Å²) in [5.74, 6) is 0.688. The van der Waals surface area contributed by atoms with Gasteiger partial charge in [0.05, 0.1) is 7.11 Å². The van der Waals surface area contributed by atoms with Crippen LogP contribution in [-0.2, 0) is 9.84 Å². The highest BCUT2D eigenvalue weighted by atomic mass is 32.2. The van der Waals surface area contributed by atoms with Gasteiger partial charge in [0.25, 0.3) is 0 Å². The Kier molecular flexibility index (Phi) is 4.24. The summed E-state index contributed by atoms with van der Waals surface area (Å²) in [6, 6.07) is 10.3. The van der Waals surface area contributed by atoms with Crippen molar-refractivity contribution in [3.8, 4) is 5.75 Å². The Bertz CT molecular complexity index is 618. The molecule has 1 aromatic carbocycles. The number of rotatable bonds is 5. The molecule has 2 N–H and O–H groups in total. The summed E-state index contributed by atoms with van der Waals surface area (Å²) in [6.45, 7) is 0.0482. The Labute approximate surface area is 116 Å². The van der Waals surface area contributed by atoms with E-state index in [4.69, 9.17) is 10.5 Å². The topological polar surface area (TPSA) is 69.4 Å². The van der Waals surface area contributed by atoms with E-state index in [1.807, 2.05) is 0 Å². The van der Waals surface area contributed by atoms with Crippen LogP contribution in [0.4, 0.5) is 0 Å². The van der Waals surface area contributed by atoms with Crippen LogP contribution < -0.4 is 10.5 Å². The van der Waals surface area contributed by atoms with Crippen LogP contribution in [0.25, 0.3) is 0 Å². The Morgan fingerprint density at radius 2 is 1.95 bits per heavy atom. The second-order valence-electron chi connectivity index (χ2n) is 3.97. The first-order chi connectivity index (χ1) is 9.09. The van der Waals surface area contributed by atoms with Crippen LogP contribution in [0.1, 0.15) is 10.8 Å². The first-order valence-corrected chi connectivity index (χ1v) is 8.13. The summed E-state index contributed by atoms with van der Waals surface area (Å²) in [4.78, 5) is 0. The number of methoxy groups -OCH3 is 1. The van der Waals surface area contributed by atoms with Crippen molar-refractivity contribution in [2.24, 2.45) is 5.73 Å². The van der Waals surface area contributed by atoms with Gasteiger partial charge in [-0.05, 0) is 29.1 Å². The molecule has 0 bridgehead atoms. The molecule has 102 valence electrons. The number of sulfone groups is 1. The molecule has 2 rings (SSSR count). The number of thiophene rings is 1. The zero-order valence-corrected chi connectivity index (χ0v) is 12.1. The van der Waals surface area contributed by atoms with Crippen LogP contribution in [0.15, 0.2) is 46.0 Å². The van der Waals surface area contributed by atoms with E-state index in [1.54, 1.807) is 48.9 Å². The van der Waals surface area contributed by atoms with Crippen molar-refractivity contribution < 1.29 is 13.2 Å². The third-order valence-electron chi connectivity index (χ3n) is 2.85. The molecule has 2 aromatic rings. The van der Waals surface area contributed by atoms with Gasteiger partial charge in [0.2, 0.25) is 0 Å². The van der Waals surface area contributed by atoms with Crippen LogP contribution in [0, 0.1) is 0 Å². The maximum absolute atomic E-state index is 12.5. The summed E-state index contributed by atoms with van der Waals surface area (Å²) in [6.07, 6.45) is 0. The van der Waals surface area contributed by atoms with Gasteiger partial charge in [-0.2, -0.15) is 0 Å². The van der Waals surface area contributed by atoms with Crippen LogP contribution in [0.5, 0.6) is 5.75 Å². The third kappa shape index (κ3) is 2.80. The second-order valence-corrected chi connectivity index (χ2v) is 7.28. The predicted molar refractivity (Wildman–Crippen MR) is 76.3 cm³/mol. The summed E-state index contributed by atoms with van der Waals surface area (Å²) in [5, 5.41) is 1.02. The van der Waals surface area contributed by atoms with E-state index in [9.17, 15) is 8.42 Å². The fourth-order valence-corrected chi connectivity index (χ4v) is 4.64. The lowest BCUT2D eigenvalue weighted by Crippen LogP contribution is -2.21. The zero-order valence-electron chi connectivity index (χ0n) is 10.4. The average Bonchev–Trinajstić information content (AvgIpc) is 2.95. The monoisotopic (exact) mass is 297 g/mol. The lowest BCUT2D eigenvalue weighted by atomic mass is 10.1. The zero-order chi connectivity index (χ0) is 13.9. The van der Waals surface area contributed by atoms with Crippen molar-refractivity contribution in [2.75, 3.05) is 13.7 Å². The fraction of sp³-hybridized carbons (Fsp3) is 0.231. The highest BCUT2D eigenvalue weighted by molar-refractivity contribution is 7.93. The molecule has 0 spiro atoms. The Hall–Kier alpha value is -1.37. The molecule has 0 radical (unpaired) electrons. The molecule has 0 aliphatic carbocycles. The first kappa shape index (κ1) is 14.0. The molecule has 0 aliphatic heterocycles. The van der Waals surface area contributed by atoms with E-state index in [0.29, 0.717) is 15.5 Å². The molecule has 1 atom stereocenters. The summed E-state index contributed by atoms with van der Waals surface area (Å²) in [5.41, 5.74) is 6.34. The van der Waals surface area contributed by atoms with E-state index < -0.39 is 15.1 Å². The molecule has 4 nitrogen and oxygen atoms in total. The molecular weight excluding hydrogens is 282 g/mol. The van der Waals surface area contributed by atoms with Crippen LogP contribution in [0.2, 0.25) is 0 Å². The maximum Gasteiger partial charge on any atom is 0.195 e. The Morgan fingerprint density at radius 1 is 1.26 bits per heavy atom. The number of hydrogen-bond acceptors (Lipinski definition) is 5. The van der Waals surface area contributed by atoms with Crippen molar-refractivity contribution in [2.45, 2.75) is 9.46 Å². The van der Waals surface area contributed by atoms with Gasteiger partial charge in [-0.1, -0.05) is 18.2 Å². The Balaban J connectivity index is 2.39. The van der Waals surface area contributed by atoms with Gasteiger partial charge >= 0.3 is 0 Å². The number of ether oxygens (including phenoxy) is 1.